The topological polar surface area (TPSA) is 41.1 Å². The molecule has 0 radical (unpaired) electrons. The summed E-state index contributed by atoms with van der Waals surface area (Å²) in [6.45, 7) is 2.69. The minimum atomic E-state index is 0.184. The molecule has 0 saturated heterocycles. The molecule has 1 amide bonds. The maximum absolute atomic E-state index is 12.0. The van der Waals surface area contributed by atoms with Gasteiger partial charge in [0.2, 0.25) is 5.91 Å². The molecule has 0 aromatic rings. The second kappa shape index (κ2) is 7.88. The zero-order valence-corrected chi connectivity index (χ0v) is 12.4. The van der Waals surface area contributed by atoms with Gasteiger partial charge in [-0.1, -0.05) is 38.5 Å². The Morgan fingerprint density at radius 1 is 1.00 bits per heavy atom. The van der Waals surface area contributed by atoms with Gasteiger partial charge in [0.15, 0.2) is 0 Å². The van der Waals surface area contributed by atoms with Crippen LogP contribution in [0.1, 0.15) is 71.1 Å². The molecule has 0 aromatic heterocycles. The van der Waals surface area contributed by atoms with Crippen LogP contribution in [0.2, 0.25) is 0 Å². The Balaban J connectivity index is 1.65. The Bertz CT molecular complexity index is 266. The third-order valence-electron chi connectivity index (χ3n) is 4.90. The Labute approximate surface area is 117 Å². The van der Waals surface area contributed by atoms with E-state index in [1.807, 2.05) is 0 Å². The minimum Gasteiger partial charge on any atom is -0.352 e. The van der Waals surface area contributed by atoms with Crippen LogP contribution in [0.3, 0.4) is 0 Å². The van der Waals surface area contributed by atoms with Crippen LogP contribution in [0, 0.1) is 5.92 Å². The zero-order chi connectivity index (χ0) is 13.5. The number of hydrogen-bond acceptors (Lipinski definition) is 2. The molecule has 0 aromatic carbocycles. The molecule has 2 fully saturated rings. The fourth-order valence-electron chi connectivity index (χ4n) is 3.60. The Morgan fingerprint density at radius 3 is 2.21 bits per heavy atom. The van der Waals surface area contributed by atoms with Gasteiger partial charge in [-0.05, 0) is 38.5 Å². The molecule has 3 nitrogen and oxygen atoms in total. The van der Waals surface area contributed by atoms with Crippen LogP contribution in [0.15, 0.2) is 0 Å². The normalized spacial score (nSPS) is 24.1. The minimum absolute atomic E-state index is 0.184. The van der Waals surface area contributed by atoms with Gasteiger partial charge in [0, 0.05) is 12.1 Å². The second-order valence-electron chi connectivity index (χ2n) is 6.47. The lowest BCUT2D eigenvalue weighted by atomic mass is 9.93. The number of carbonyl (C=O) groups is 1. The van der Waals surface area contributed by atoms with Crippen molar-refractivity contribution in [2.45, 2.75) is 83.2 Å². The quantitative estimate of drug-likeness (QED) is 0.751. The molecule has 2 rings (SSSR count). The summed E-state index contributed by atoms with van der Waals surface area (Å²) in [5, 5.41) is 6.59. The molecule has 3 heteroatoms. The van der Waals surface area contributed by atoms with Crippen molar-refractivity contribution < 1.29 is 4.79 Å². The molecule has 0 heterocycles. The van der Waals surface area contributed by atoms with Gasteiger partial charge in [0.25, 0.3) is 0 Å². The van der Waals surface area contributed by atoms with Crippen molar-refractivity contribution in [2.24, 2.45) is 5.92 Å². The van der Waals surface area contributed by atoms with Crippen molar-refractivity contribution in [3.63, 3.8) is 0 Å². The predicted octanol–water partition coefficient (Wildman–Crippen LogP) is 2.99. The van der Waals surface area contributed by atoms with Crippen LogP contribution < -0.4 is 10.6 Å². The van der Waals surface area contributed by atoms with Gasteiger partial charge < -0.3 is 10.6 Å². The molecular weight excluding hydrogens is 236 g/mol. The van der Waals surface area contributed by atoms with Gasteiger partial charge in [-0.3, -0.25) is 4.79 Å². The first-order valence-electron chi connectivity index (χ1n) is 8.28. The van der Waals surface area contributed by atoms with Crippen LogP contribution >= 0.6 is 0 Å². The van der Waals surface area contributed by atoms with E-state index in [1.54, 1.807) is 0 Å². The third kappa shape index (κ3) is 5.13. The van der Waals surface area contributed by atoms with E-state index in [0.717, 1.165) is 0 Å². The molecule has 2 saturated carbocycles. The monoisotopic (exact) mass is 266 g/mol. The molecule has 19 heavy (non-hydrogen) atoms. The highest BCUT2D eigenvalue weighted by Gasteiger charge is 2.21. The third-order valence-corrected chi connectivity index (χ3v) is 4.90. The SMILES string of the molecule is C[C@@H](NC(=O)CNC1CCCC1)C1CCCCCC1. The van der Waals surface area contributed by atoms with E-state index in [2.05, 4.69) is 17.6 Å². The average molecular weight is 266 g/mol. The molecule has 2 N–H and O–H groups in total. The maximum Gasteiger partial charge on any atom is 0.234 e. The van der Waals surface area contributed by atoms with Gasteiger partial charge in [-0.15, -0.1) is 0 Å². The number of nitrogens with one attached hydrogen (secondary N) is 2. The Morgan fingerprint density at radius 2 is 1.58 bits per heavy atom. The van der Waals surface area contributed by atoms with Crippen LogP contribution in [-0.2, 0) is 4.79 Å². The lowest BCUT2D eigenvalue weighted by molar-refractivity contribution is -0.121. The molecule has 0 aliphatic heterocycles. The van der Waals surface area contributed by atoms with E-state index < -0.39 is 0 Å². The van der Waals surface area contributed by atoms with Crippen LogP contribution in [0.4, 0.5) is 0 Å². The fraction of sp³-hybridized carbons (Fsp3) is 0.938. The Hall–Kier alpha value is -0.570. The van der Waals surface area contributed by atoms with E-state index in [-0.39, 0.29) is 5.91 Å². The Kier molecular flexibility index (Phi) is 6.15. The molecule has 1 atom stereocenters. The van der Waals surface area contributed by atoms with E-state index in [0.29, 0.717) is 24.5 Å². The highest BCUT2D eigenvalue weighted by Crippen LogP contribution is 2.25. The summed E-state index contributed by atoms with van der Waals surface area (Å²) in [4.78, 5) is 12.0. The highest BCUT2D eigenvalue weighted by molar-refractivity contribution is 5.78. The van der Waals surface area contributed by atoms with Crippen molar-refractivity contribution in [3.8, 4) is 0 Å². The lowest BCUT2D eigenvalue weighted by Crippen LogP contribution is -2.44. The molecule has 2 aliphatic carbocycles. The highest BCUT2D eigenvalue weighted by atomic mass is 16.1. The first-order chi connectivity index (χ1) is 9.25. The van der Waals surface area contributed by atoms with Crippen molar-refractivity contribution in [1.82, 2.24) is 10.6 Å². The van der Waals surface area contributed by atoms with Crippen LogP contribution in [-0.4, -0.2) is 24.5 Å². The van der Waals surface area contributed by atoms with Gasteiger partial charge in [0.1, 0.15) is 0 Å². The smallest absolute Gasteiger partial charge is 0.234 e. The van der Waals surface area contributed by atoms with E-state index in [1.165, 1.54) is 64.2 Å². The van der Waals surface area contributed by atoms with Crippen molar-refractivity contribution in [3.05, 3.63) is 0 Å². The molecule has 110 valence electrons. The largest absolute Gasteiger partial charge is 0.352 e. The second-order valence-corrected chi connectivity index (χ2v) is 6.47. The summed E-state index contributed by atoms with van der Waals surface area (Å²) in [6.07, 6.45) is 13.1. The van der Waals surface area contributed by atoms with E-state index in [4.69, 9.17) is 0 Å². The number of amides is 1. The molecule has 0 bridgehead atoms. The molecule has 0 spiro atoms. The summed E-state index contributed by atoms with van der Waals surface area (Å²) in [5.41, 5.74) is 0. The maximum atomic E-state index is 12.0. The first-order valence-corrected chi connectivity index (χ1v) is 8.28. The molecule has 0 unspecified atom stereocenters. The predicted molar refractivity (Wildman–Crippen MR) is 79.1 cm³/mol. The van der Waals surface area contributed by atoms with Gasteiger partial charge >= 0.3 is 0 Å². The number of hydrogen-bond donors (Lipinski definition) is 2. The van der Waals surface area contributed by atoms with E-state index >= 15 is 0 Å². The van der Waals surface area contributed by atoms with E-state index in [9.17, 15) is 4.79 Å². The fourth-order valence-corrected chi connectivity index (χ4v) is 3.60. The summed E-state index contributed by atoms with van der Waals surface area (Å²) in [6, 6.07) is 0.926. The lowest BCUT2D eigenvalue weighted by Gasteiger charge is -2.24. The summed E-state index contributed by atoms with van der Waals surface area (Å²) in [5.74, 6) is 0.876. The standard InChI is InChI=1S/C16H30N2O/c1-13(14-8-4-2-3-5-9-14)18-16(19)12-17-15-10-6-7-11-15/h13-15,17H,2-12H2,1H3,(H,18,19)/t13-/m1/s1. The van der Waals surface area contributed by atoms with Gasteiger partial charge in [-0.2, -0.15) is 0 Å². The van der Waals surface area contributed by atoms with Crippen LogP contribution in [0.5, 0.6) is 0 Å². The number of carbonyl (C=O) groups excluding carboxylic acids is 1. The zero-order valence-electron chi connectivity index (χ0n) is 12.4. The number of rotatable bonds is 5. The molecule has 2 aliphatic rings. The van der Waals surface area contributed by atoms with Crippen LogP contribution in [0.25, 0.3) is 0 Å². The van der Waals surface area contributed by atoms with Crippen molar-refractivity contribution in [1.29, 1.82) is 0 Å². The average Bonchev–Trinajstić information content (AvgIpc) is 2.76. The summed E-state index contributed by atoms with van der Waals surface area (Å²) < 4.78 is 0. The van der Waals surface area contributed by atoms with Gasteiger partial charge in [-0.25, -0.2) is 0 Å². The summed E-state index contributed by atoms with van der Waals surface area (Å²) >= 11 is 0. The van der Waals surface area contributed by atoms with Gasteiger partial charge in [0.05, 0.1) is 6.54 Å². The first kappa shape index (κ1) is 14.8. The van der Waals surface area contributed by atoms with Crippen molar-refractivity contribution >= 4 is 5.91 Å². The summed E-state index contributed by atoms with van der Waals surface area (Å²) in [7, 11) is 0. The van der Waals surface area contributed by atoms with Crippen molar-refractivity contribution in [2.75, 3.05) is 6.54 Å². The molecular formula is C16H30N2O.